The molecule has 36 heavy (non-hydrogen) atoms. The van der Waals surface area contributed by atoms with Gasteiger partial charge < -0.3 is 32.5 Å². The molecule has 10 nitrogen and oxygen atoms in total. The zero-order valence-corrected chi connectivity index (χ0v) is 21.8. The molecule has 0 aromatic heterocycles. The van der Waals surface area contributed by atoms with Crippen LogP contribution in [0.3, 0.4) is 0 Å². The van der Waals surface area contributed by atoms with Gasteiger partial charge in [-0.1, -0.05) is 58.0 Å². The molecule has 0 saturated heterocycles. The first kappa shape index (κ1) is 31.1. The molecule has 10 heteroatoms. The minimum absolute atomic E-state index is 0.0771. The van der Waals surface area contributed by atoms with E-state index in [2.05, 4.69) is 16.0 Å². The van der Waals surface area contributed by atoms with Crippen molar-refractivity contribution in [1.29, 1.82) is 0 Å². The fourth-order valence-corrected chi connectivity index (χ4v) is 3.74. The second-order valence-electron chi connectivity index (χ2n) is 9.90. The number of nitrogens with one attached hydrogen (secondary N) is 3. The Labute approximate surface area is 213 Å². The first-order valence-electron chi connectivity index (χ1n) is 12.6. The molecule has 0 saturated carbocycles. The molecule has 0 aliphatic carbocycles. The van der Waals surface area contributed by atoms with Gasteiger partial charge in [-0.2, -0.15) is 0 Å². The Balaban J connectivity index is 2.96. The summed E-state index contributed by atoms with van der Waals surface area (Å²) in [5.74, 6) is -2.98. The number of amides is 3. The minimum atomic E-state index is -1.15. The molecule has 1 rings (SSSR count). The molecule has 202 valence electrons. The van der Waals surface area contributed by atoms with Gasteiger partial charge in [0.05, 0.1) is 6.04 Å². The quantitative estimate of drug-likeness (QED) is 0.181. The van der Waals surface area contributed by atoms with Crippen LogP contribution in [0.2, 0.25) is 0 Å². The summed E-state index contributed by atoms with van der Waals surface area (Å²) in [4.78, 5) is 50.5. The predicted molar refractivity (Wildman–Crippen MR) is 139 cm³/mol. The zero-order valence-electron chi connectivity index (χ0n) is 21.8. The Morgan fingerprint density at radius 2 is 1.44 bits per heavy atom. The Morgan fingerprint density at radius 1 is 0.861 bits per heavy atom. The molecule has 3 amide bonds. The van der Waals surface area contributed by atoms with Crippen LogP contribution in [0.4, 0.5) is 0 Å². The van der Waals surface area contributed by atoms with E-state index >= 15 is 0 Å². The number of carboxylic acid groups (broad SMARTS) is 1. The number of unbranched alkanes of at least 4 members (excludes halogenated alkanes) is 1. The summed E-state index contributed by atoms with van der Waals surface area (Å²) in [6.45, 7) is 7.64. The molecule has 8 N–H and O–H groups in total. The summed E-state index contributed by atoms with van der Waals surface area (Å²) in [6, 6.07) is 5.54. The van der Waals surface area contributed by atoms with Crippen LogP contribution in [0.1, 0.15) is 58.9 Å². The lowest BCUT2D eigenvalue weighted by Crippen LogP contribution is -2.58. The molecule has 0 aliphatic rings. The van der Waals surface area contributed by atoms with Crippen molar-refractivity contribution < 1.29 is 24.3 Å². The number of hydrogen-bond acceptors (Lipinski definition) is 6. The zero-order chi connectivity index (χ0) is 27.3. The number of carboxylic acids is 1. The lowest BCUT2D eigenvalue weighted by atomic mass is 10.00. The molecule has 0 bridgehead atoms. The Bertz CT molecular complexity index is 846. The van der Waals surface area contributed by atoms with Crippen LogP contribution in [-0.2, 0) is 25.6 Å². The number of carbonyl (C=O) groups is 4. The average Bonchev–Trinajstić information content (AvgIpc) is 2.81. The minimum Gasteiger partial charge on any atom is -0.480 e. The fraction of sp³-hybridized carbons (Fsp3) is 0.615. The number of benzene rings is 1. The SMILES string of the molecule is CC(C)CC(NC(=O)C(N)Cc1ccccc1)C(=O)NC(CCCCN)C(=O)NC(C(=O)O)C(C)C. The van der Waals surface area contributed by atoms with E-state index in [1.54, 1.807) is 13.8 Å². The molecule has 0 fully saturated rings. The lowest BCUT2D eigenvalue weighted by molar-refractivity contribution is -0.143. The summed E-state index contributed by atoms with van der Waals surface area (Å²) < 4.78 is 0. The summed E-state index contributed by atoms with van der Waals surface area (Å²) in [5.41, 5.74) is 12.6. The van der Waals surface area contributed by atoms with Gasteiger partial charge in [0, 0.05) is 0 Å². The molecule has 0 radical (unpaired) electrons. The summed E-state index contributed by atoms with van der Waals surface area (Å²) in [7, 11) is 0. The van der Waals surface area contributed by atoms with Crippen molar-refractivity contribution in [3.63, 3.8) is 0 Å². The van der Waals surface area contributed by atoms with Crippen LogP contribution < -0.4 is 27.4 Å². The highest BCUT2D eigenvalue weighted by Crippen LogP contribution is 2.10. The second-order valence-corrected chi connectivity index (χ2v) is 9.90. The van der Waals surface area contributed by atoms with E-state index < -0.39 is 47.9 Å². The van der Waals surface area contributed by atoms with E-state index in [1.807, 2.05) is 44.2 Å². The lowest BCUT2D eigenvalue weighted by Gasteiger charge is -2.26. The molecule has 4 unspecified atom stereocenters. The van der Waals surface area contributed by atoms with Crippen LogP contribution in [0.15, 0.2) is 30.3 Å². The van der Waals surface area contributed by atoms with Crippen molar-refractivity contribution >= 4 is 23.7 Å². The third-order valence-corrected chi connectivity index (χ3v) is 5.79. The van der Waals surface area contributed by atoms with Gasteiger partial charge in [-0.15, -0.1) is 0 Å². The van der Waals surface area contributed by atoms with Gasteiger partial charge in [0.25, 0.3) is 0 Å². The third kappa shape index (κ3) is 11.2. The van der Waals surface area contributed by atoms with Gasteiger partial charge in [-0.25, -0.2) is 4.79 Å². The van der Waals surface area contributed by atoms with E-state index in [0.29, 0.717) is 32.2 Å². The van der Waals surface area contributed by atoms with Crippen LogP contribution >= 0.6 is 0 Å². The number of nitrogens with two attached hydrogens (primary N) is 2. The van der Waals surface area contributed by atoms with E-state index in [-0.39, 0.29) is 18.3 Å². The summed E-state index contributed by atoms with van der Waals surface area (Å²) >= 11 is 0. The van der Waals surface area contributed by atoms with Gasteiger partial charge in [-0.3, -0.25) is 14.4 Å². The molecule has 0 heterocycles. The maximum absolute atomic E-state index is 13.2. The van der Waals surface area contributed by atoms with Crippen molar-refractivity contribution in [2.24, 2.45) is 23.3 Å². The largest absolute Gasteiger partial charge is 0.480 e. The Morgan fingerprint density at radius 3 is 1.97 bits per heavy atom. The average molecular weight is 506 g/mol. The van der Waals surface area contributed by atoms with Gasteiger partial charge in [0.1, 0.15) is 18.1 Å². The number of rotatable bonds is 16. The summed E-state index contributed by atoms with van der Waals surface area (Å²) in [6.07, 6.45) is 2.16. The molecule has 0 aliphatic heterocycles. The van der Waals surface area contributed by atoms with Gasteiger partial charge in [-0.05, 0) is 56.0 Å². The van der Waals surface area contributed by atoms with Crippen LogP contribution in [0, 0.1) is 11.8 Å². The predicted octanol–water partition coefficient (Wildman–Crippen LogP) is 0.927. The maximum atomic E-state index is 13.2. The van der Waals surface area contributed by atoms with Gasteiger partial charge in [0.2, 0.25) is 17.7 Å². The Hall–Kier alpha value is -2.98. The second kappa shape index (κ2) is 15.9. The first-order chi connectivity index (χ1) is 17.0. The molecule has 1 aromatic rings. The fourth-order valence-electron chi connectivity index (χ4n) is 3.74. The molecule has 1 aromatic carbocycles. The van der Waals surface area contributed by atoms with Crippen molar-refractivity contribution in [3.05, 3.63) is 35.9 Å². The number of hydrogen-bond donors (Lipinski definition) is 6. The molecule has 0 spiro atoms. The van der Waals surface area contributed by atoms with E-state index in [4.69, 9.17) is 11.5 Å². The van der Waals surface area contributed by atoms with Crippen molar-refractivity contribution in [3.8, 4) is 0 Å². The first-order valence-corrected chi connectivity index (χ1v) is 12.6. The molecule has 4 atom stereocenters. The van der Waals surface area contributed by atoms with Crippen molar-refractivity contribution in [1.82, 2.24) is 16.0 Å². The highest BCUT2D eigenvalue weighted by Gasteiger charge is 2.31. The highest BCUT2D eigenvalue weighted by atomic mass is 16.4. The smallest absolute Gasteiger partial charge is 0.326 e. The summed E-state index contributed by atoms with van der Waals surface area (Å²) in [5, 5.41) is 17.4. The third-order valence-electron chi connectivity index (χ3n) is 5.79. The molecular formula is C26H43N5O5. The van der Waals surface area contributed by atoms with Crippen molar-refractivity contribution in [2.45, 2.75) is 84.0 Å². The van der Waals surface area contributed by atoms with Crippen molar-refractivity contribution in [2.75, 3.05) is 6.54 Å². The van der Waals surface area contributed by atoms with Gasteiger partial charge >= 0.3 is 5.97 Å². The normalized spacial score (nSPS) is 14.6. The Kier molecular flexibility index (Phi) is 13.7. The van der Waals surface area contributed by atoms with E-state index in [1.165, 1.54) is 0 Å². The highest BCUT2D eigenvalue weighted by molar-refractivity contribution is 5.94. The van der Waals surface area contributed by atoms with Crippen LogP contribution in [0.5, 0.6) is 0 Å². The van der Waals surface area contributed by atoms with E-state index in [0.717, 1.165) is 5.56 Å². The standard InChI is InChI=1S/C26H43N5O5/c1-16(2)14-21(30-23(32)19(28)15-18-10-6-5-7-11-18)25(34)29-20(12-8-9-13-27)24(33)31-22(17(3)4)26(35)36/h5-7,10-11,16-17,19-22H,8-9,12-15,27-28H2,1-4H3,(H,29,34)(H,30,32)(H,31,33)(H,35,36). The number of aliphatic carboxylic acids is 1. The number of carbonyl (C=O) groups excluding carboxylic acids is 3. The van der Waals surface area contributed by atoms with Crippen LogP contribution in [0.25, 0.3) is 0 Å². The van der Waals surface area contributed by atoms with Crippen LogP contribution in [-0.4, -0.2) is 59.5 Å². The van der Waals surface area contributed by atoms with Gasteiger partial charge in [0.15, 0.2) is 0 Å². The monoisotopic (exact) mass is 505 g/mol. The van der Waals surface area contributed by atoms with E-state index in [9.17, 15) is 24.3 Å². The topological polar surface area (TPSA) is 177 Å². The maximum Gasteiger partial charge on any atom is 0.326 e. The molecular weight excluding hydrogens is 462 g/mol.